The molecule has 0 N–H and O–H groups in total. The molecule has 91 valence electrons. The number of ether oxygens (including phenoxy) is 1. The minimum absolute atomic E-state index is 0.0813. The SMILES string of the molecule is [CH2][C@H]1Cc2ccccc2N1C(=O)OC(C)(C)C. The van der Waals surface area contributed by atoms with E-state index in [9.17, 15) is 4.79 Å². The Bertz CT molecular complexity index is 434. The molecule has 1 amide bonds. The summed E-state index contributed by atoms with van der Waals surface area (Å²) >= 11 is 0. The molecule has 0 saturated carbocycles. The Morgan fingerprint density at radius 2 is 2.06 bits per heavy atom. The summed E-state index contributed by atoms with van der Waals surface area (Å²) in [6.07, 6.45) is 0.470. The fourth-order valence-electron chi connectivity index (χ4n) is 2.02. The third-order valence-electron chi connectivity index (χ3n) is 2.66. The summed E-state index contributed by atoms with van der Waals surface area (Å²) in [5.74, 6) is 0. The van der Waals surface area contributed by atoms with Crippen molar-refractivity contribution in [2.75, 3.05) is 4.90 Å². The summed E-state index contributed by atoms with van der Waals surface area (Å²) in [4.78, 5) is 13.7. The summed E-state index contributed by atoms with van der Waals surface area (Å²) in [5, 5.41) is 0. The standard InChI is InChI=1S/C14H18NO2/c1-10-9-11-7-5-6-8-12(11)15(10)13(16)17-14(2,3)4/h5-8,10H,1,9H2,2-4H3/t10-/m0/s1. The topological polar surface area (TPSA) is 29.5 Å². The van der Waals surface area contributed by atoms with Crippen LogP contribution in [0.1, 0.15) is 26.3 Å². The Morgan fingerprint density at radius 1 is 1.41 bits per heavy atom. The maximum Gasteiger partial charge on any atom is 0.415 e. The van der Waals surface area contributed by atoms with Crippen LogP contribution >= 0.6 is 0 Å². The number of benzene rings is 1. The number of hydrogen-bond acceptors (Lipinski definition) is 2. The lowest BCUT2D eigenvalue weighted by molar-refractivity contribution is 0.0575. The van der Waals surface area contributed by atoms with Gasteiger partial charge >= 0.3 is 6.09 Å². The lowest BCUT2D eigenvalue weighted by Gasteiger charge is -2.27. The van der Waals surface area contributed by atoms with Crippen molar-refractivity contribution in [2.24, 2.45) is 0 Å². The average Bonchev–Trinajstić information content (AvgIpc) is 2.50. The highest BCUT2D eigenvalue weighted by atomic mass is 16.6. The lowest BCUT2D eigenvalue weighted by Crippen LogP contribution is -2.40. The predicted molar refractivity (Wildman–Crippen MR) is 68.0 cm³/mol. The molecule has 1 heterocycles. The monoisotopic (exact) mass is 232 g/mol. The van der Waals surface area contributed by atoms with Gasteiger partial charge in [-0.15, -0.1) is 0 Å². The van der Waals surface area contributed by atoms with Crippen LogP contribution in [0.2, 0.25) is 0 Å². The molecule has 1 aromatic rings. The molecule has 1 aliphatic rings. The number of hydrogen-bond donors (Lipinski definition) is 0. The van der Waals surface area contributed by atoms with Crippen molar-refractivity contribution < 1.29 is 9.53 Å². The molecule has 3 heteroatoms. The van der Waals surface area contributed by atoms with Crippen LogP contribution in [0.15, 0.2) is 24.3 Å². The smallest absolute Gasteiger partial charge is 0.415 e. The number of carbonyl (C=O) groups is 1. The molecule has 0 fully saturated rings. The van der Waals surface area contributed by atoms with Crippen LogP contribution in [0.3, 0.4) is 0 Å². The van der Waals surface area contributed by atoms with E-state index in [0.29, 0.717) is 0 Å². The first kappa shape index (κ1) is 12.0. The predicted octanol–water partition coefficient (Wildman–Crippen LogP) is 3.19. The van der Waals surface area contributed by atoms with Gasteiger partial charge in [0.05, 0.1) is 5.69 Å². The Hall–Kier alpha value is -1.51. The first-order valence-electron chi connectivity index (χ1n) is 5.82. The van der Waals surface area contributed by atoms with E-state index in [0.717, 1.165) is 17.7 Å². The number of anilines is 1. The normalized spacial score (nSPS) is 19.1. The van der Waals surface area contributed by atoms with Crippen molar-refractivity contribution in [1.29, 1.82) is 0 Å². The van der Waals surface area contributed by atoms with E-state index in [2.05, 4.69) is 6.92 Å². The lowest BCUT2D eigenvalue weighted by atomic mass is 10.1. The van der Waals surface area contributed by atoms with Gasteiger partial charge in [0.15, 0.2) is 0 Å². The Morgan fingerprint density at radius 3 is 2.71 bits per heavy atom. The van der Waals surface area contributed by atoms with Crippen LogP contribution in [0.5, 0.6) is 0 Å². The minimum atomic E-state index is -0.478. The van der Waals surface area contributed by atoms with E-state index in [1.165, 1.54) is 0 Å². The number of fused-ring (bicyclic) bond motifs is 1. The van der Waals surface area contributed by atoms with E-state index in [-0.39, 0.29) is 12.1 Å². The van der Waals surface area contributed by atoms with Crippen molar-refractivity contribution >= 4 is 11.8 Å². The molecule has 0 aromatic heterocycles. The van der Waals surface area contributed by atoms with Crippen LogP contribution in [0.25, 0.3) is 0 Å². The molecule has 0 bridgehead atoms. The number of rotatable bonds is 0. The van der Waals surface area contributed by atoms with Gasteiger partial charge in [0.25, 0.3) is 0 Å². The molecule has 1 atom stereocenters. The van der Waals surface area contributed by atoms with E-state index < -0.39 is 5.60 Å². The second kappa shape index (κ2) is 4.06. The molecule has 0 saturated heterocycles. The first-order chi connectivity index (χ1) is 7.88. The Balaban J connectivity index is 2.25. The van der Waals surface area contributed by atoms with Crippen LogP contribution in [-0.4, -0.2) is 17.7 Å². The molecule has 1 radical (unpaired) electrons. The van der Waals surface area contributed by atoms with Gasteiger partial charge in [-0.2, -0.15) is 0 Å². The van der Waals surface area contributed by atoms with Gasteiger partial charge in [-0.3, -0.25) is 4.90 Å². The number of amides is 1. The van der Waals surface area contributed by atoms with E-state index in [1.807, 2.05) is 45.0 Å². The van der Waals surface area contributed by atoms with E-state index in [4.69, 9.17) is 4.74 Å². The molecule has 17 heavy (non-hydrogen) atoms. The average molecular weight is 232 g/mol. The molecular formula is C14H18NO2. The van der Waals surface area contributed by atoms with Gasteiger partial charge in [-0.25, -0.2) is 4.79 Å². The molecule has 1 aliphatic heterocycles. The van der Waals surface area contributed by atoms with Crippen LogP contribution in [0, 0.1) is 6.92 Å². The van der Waals surface area contributed by atoms with Crippen LogP contribution in [-0.2, 0) is 11.2 Å². The van der Waals surface area contributed by atoms with Crippen LogP contribution < -0.4 is 4.90 Å². The zero-order valence-electron chi connectivity index (χ0n) is 10.6. The summed E-state index contributed by atoms with van der Waals surface area (Å²) in [7, 11) is 0. The number of nitrogens with zero attached hydrogens (tertiary/aromatic N) is 1. The summed E-state index contributed by atoms with van der Waals surface area (Å²) in [6.45, 7) is 9.61. The molecular weight excluding hydrogens is 214 g/mol. The first-order valence-corrected chi connectivity index (χ1v) is 5.82. The van der Waals surface area contributed by atoms with Gasteiger partial charge < -0.3 is 4.74 Å². The highest BCUT2D eigenvalue weighted by molar-refractivity contribution is 5.91. The minimum Gasteiger partial charge on any atom is -0.443 e. The third-order valence-corrected chi connectivity index (χ3v) is 2.66. The van der Waals surface area contributed by atoms with Crippen molar-refractivity contribution in [2.45, 2.75) is 38.8 Å². The van der Waals surface area contributed by atoms with Crippen molar-refractivity contribution in [1.82, 2.24) is 0 Å². The Labute approximate surface area is 102 Å². The number of carbonyl (C=O) groups excluding carboxylic acids is 1. The second-order valence-corrected chi connectivity index (χ2v) is 5.34. The highest BCUT2D eigenvalue weighted by Crippen LogP contribution is 2.32. The molecule has 1 aromatic carbocycles. The van der Waals surface area contributed by atoms with Gasteiger partial charge in [0, 0.05) is 6.04 Å². The molecule has 3 nitrogen and oxygen atoms in total. The third kappa shape index (κ3) is 2.43. The van der Waals surface area contributed by atoms with Gasteiger partial charge in [0.1, 0.15) is 5.60 Å². The van der Waals surface area contributed by atoms with E-state index >= 15 is 0 Å². The van der Waals surface area contributed by atoms with Crippen LogP contribution in [0.4, 0.5) is 10.5 Å². The molecule has 0 unspecified atom stereocenters. The summed E-state index contributed by atoms with van der Waals surface area (Å²) < 4.78 is 5.40. The maximum absolute atomic E-state index is 12.1. The highest BCUT2D eigenvalue weighted by Gasteiger charge is 2.33. The van der Waals surface area contributed by atoms with Crippen molar-refractivity contribution in [3.63, 3.8) is 0 Å². The zero-order valence-corrected chi connectivity index (χ0v) is 10.6. The molecule has 0 aliphatic carbocycles. The quantitative estimate of drug-likeness (QED) is 0.687. The van der Waals surface area contributed by atoms with E-state index in [1.54, 1.807) is 4.90 Å². The largest absolute Gasteiger partial charge is 0.443 e. The fraction of sp³-hybridized carbons (Fsp3) is 0.429. The van der Waals surface area contributed by atoms with Gasteiger partial charge in [-0.05, 0) is 45.7 Å². The van der Waals surface area contributed by atoms with Gasteiger partial charge in [-0.1, -0.05) is 18.2 Å². The van der Waals surface area contributed by atoms with Crippen molar-refractivity contribution in [3.05, 3.63) is 36.8 Å². The molecule has 0 spiro atoms. The summed E-state index contributed by atoms with van der Waals surface area (Å²) in [6, 6.07) is 7.78. The summed E-state index contributed by atoms with van der Waals surface area (Å²) in [5.41, 5.74) is 1.59. The Kier molecular flexibility index (Phi) is 2.86. The fourth-order valence-corrected chi connectivity index (χ4v) is 2.02. The van der Waals surface area contributed by atoms with Crippen molar-refractivity contribution in [3.8, 4) is 0 Å². The maximum atomic E-state index is 12.1. The molecule has 2 rings (SSSR count). The van der Waals surface area contributed by atoms with Gasteiger partial charge in [0.2, 0.25) is 0 Å². The number of para-hydroxylation sites is 1. The zero-order chi connectivity index (χ0) is 12.6. The second-order valence-electron chi connectivity index (χ2n) is 5.34.